The molecule has 0 spiro atoms. The molecule has 4 heteroatoms. The summed E-state index contributed by atoms with van der Waals surface area (Å²) in [7, 11) is 0. The van der Waals surface area contributed by atoms with Crippen LogP contribution < -0.4 is 5.73 Å². The smallest absolute Gasteiger partial charge is 0.131 e. The van der Waals surface area contributed by atoms with Gasteiger partial charge in [-0.1, -0.05) is 12.5 Å². The van der Waals surface area contributed by atoms with E-state index in [4.69, 9.17) is 5.73 Å². The SMILES string of the molecule is NCC1(C(O)c2c(F)cccc2F)CC2CCC1C2. The van der Waals surface area contributed by atoms with E-state index in [1.165, 1.54) is 18.2 Å². The van der Waals surface area contributed by atoms with E-state index in [-0.39, 0.29) is 18.0 Å². The average molecular weight is 267 g/mol. The first kappa shape index (κ1) is 13.0. The Kier molecular flexibility index (Phi) is 3.10. The second-order valence-corrected chi connectivity index (χ2v) is 6.06. The van der Waals surface area contributed by atoms with Gasteiger partial charge in [-0.25, -0.2) is 8.78 Å². The van der Waals surface area contributed by atoms with Gasteiger partial charge in [-0.05, 0) is 43.2 Å². The number of aliphatic hydroxyl groups excluding tert-OH is 1. The highest BCUT2D eigenvalue weighted by atomic mass is 19.1. The Labute approximate surface area is 111 Å². The van der Waals surface area contributed by atoms with Gasteiger partial charge in [0.05, 0.1) is 11.7 Å². The van der Waals surface area contributed by atoms with E-state index in [0.29, 0.717) is 5.92 Å². The lowest BCUT2D eigenvalue weighted by atomic mass is 9.67. The molecule has 0 radical (unpaired) electrons. The van der Waals surface area contributed by atoms with Gasteiger partial charge in [0.1, 0.15) is 11.6 Å². The fraction of sp³-hybridized carbons (Fsp3) is 0.600. The third-order valence-electron chi connectivity index (χ3n) is 5.22. The molecule has 3 N–H and O–H groups in total. The van der Waals surface area contributed by atoms with Gasteiger partial charge in [-0.2, -0.15) is 0 Å². The molecule has 4 atom stereocenters. The third kappa shape index (κ3) is 1.81. The van der Waals surface area contributed by atoms with Crippen molar-refractivity contribution >= 4 is 0 Å². The van der Waals surface area contributed by atoms with Crippen molar-refractivity contribution in [3.05, 3.63) is 35.4 Å². The highest BCUT2D eigenvalue weighted by molar-refractivity contribution is 5.26. The van der Waals surface area contributed by atoms with Crippen LogP contribution in [0.25, 0.3) is 0 Å². The van der Waals surface area contributed by atoms with Crippen LogP contribution in [0.3, 0.4) is 0 Å². The van der Waals surface area contributed by atoms with E-state index >= 15 is 0 Å². The number of benzene rings is 1. The lowest BCUT2D eigenvalue weighted by Crippen LogP contribution is -2.42. The van der Waals surface area contributed by atoms with Gasteiger partial charge in [0, 0.05) is 12.0 Å². The maximum atomic E-state index is 13.9. The van der Waals surface area contributed by atoms with Crippen LogP contribution in [0.4, 0.5) is 8.78 Å². The summed E-state index contributed by atoms with van der Waals surface area (Å²) in [6.07, 6.45) is 2.83. The number of hydrogen-bond donors (Lipinski definition) is 2. The fourth-order valence-corrected chi connectivity index (χ4v) is 4.24. The second-order valence-electron chi connectivity index (χ2n) is 6.06. The van der Waals surface area contributed by atoms with Crippen LogP contribution in [-0.2, 0) is 0 Å². The van der Waals surface area contributed by atoms with E-state index in [9.17, 15) is 13.9 Å². The molecule has 2 aliphatic rings. The van der Waals surface area contributed by atoms with Crippen LogP contribution in [0.5, 0.6) is 0 Å². The van der Waals surface area contributed by atoms with Crippen molar-refractivity contribution in [3.63, 3.8) is 0 Å². The lowest BCUT2D eigenvalue weighted by Gasteiger charge is -2.41. The van der Waals surface area contributed by atoms with Crippen molar-refractivity contribution in [1.82, 2.24) is 0 Å². The zero-order valence-corrected chi connectivity index (χ0v) is 10.8. The molecule has 2 saturated carbocycles. The monoisotopic (exact) mass is 267 g/mol. The second kappa shape index (κ2) is 4.53. The third-order valence-corrected chi connectivity index (χ3v) is 5.22. The molecule has 0 amide bonds. The molecule has 19 heavy (non-hydrogen) atoms. The molecule has 1 aromatic carbocycles. The molecule has 0 heterocycles. The van der Waals surface area contributed by atoms with Crippen LogP contribution in [0.2, 0.25) is 0 Å². The summed E-state index contributed by atoms with van der Waals surface area (Å²) in [6, 6.07) is 3.70. The Bertz CT molecular complexity index is 473. The molecule has 0 aliphatic heterocycles. The van der Waals surface area contributed by atoms with Crippen molar-refractivity contribution in [2.24, 2.45) is 23.0 Å². The first-order chi connectivity index (χ1) is 9.08. The molecule has 3 rings (SSSR count). The summed E-state index contributed by atoms with van der Waals surface area (Å²) >= 11 is 0. The highest BCUT2D eigenvalue weighted by Crippen LogP contribution is 2.60. The average Bonchev–Trinajstić information content (AvgIpc) is 2.99. The Morgan fingerprint density at radius 3 is 2.47 bits per heavy atom. The maximum absolute atomic E-state index is 13.9. The molecule has 2 fully saturated rings. The topological polar surface area (TPSA) is 46.2 Å². The summed E-state index contributed by atoms with van der Waals surface area (Å²) in [5.74, 6) is -0.513. The normalized spacial score (nSPS) is 34.7. The number of aliphatic hydroxyl groups is 1. The molecule has 0 saturated heterocycles. The largest absolute Gasteiger partial charge is 0.388 e. The van der Waals surface area contributed by atoms with Gasteiger partial charge in [0.15, 0.2) is 0 Å². The molecule has 2 nitrogen and oxygen atoms in total. The Morgan fingerprint density at radius 1 is 1.32 bits per heavy atom. The number of halogens is 2. The van der Waals surface area contributed by atoms with Crippen LogP contribution >= 0.6 is 0 Å². The summed E-state index contributed by atoms with van der Waals surface area (Å²) < 4.78 is 27.7. The standard InChI is InChI=1S/C15H19F2NO/c16-11-2-1-3-12(17)13(11)14(19)15(8-18)7-9-4-5-10(15)6-9/h1-3,9-10,14,19H,4-8,18H2. The molecule has 2 bridgehead atoms. The van der Waals surface area contributed by atoms with Gasteiger partial charge >= 0.3 is 0 Å². The number of rotatable bonds is 3. The van der Waals surface area contributed by atoms with Crippen molar-refractivity contribution in [1.29, 1.82) is 0 Å². The minimum absolute atomic E-state index is 0.208. The minimum Gasteiger partial charge on any atom is -0.388 e. The van der Waals surface area contributed by atoms with Crippen molar-refractivity contribution < 1.29 is 13.9 Å². The van der Waals surface area contributed by atoms with Gasteiger partial charge in [0.25, 0.3) is 0 Å². The number of hydrogen-bond acceptors (Lipinski definition) is 2. The van der Waals surface area contributed by atoms with Crippen molar-refractivity contribution in [2.75, 3.05) is 6.54 Å². The zero-order chi connectivity index (χ0) is 13.6. The lowest BCUT2D eigenvalue weighted by molar-refractivity contribution is -0.0173. The fourth-order valence-electron chi connectivity index (χ4n) is 4.24. The van der Waals surface area contributed by atoms with Crippen LogP contribution in [0.15, 0.2) is 18.2 Å². The quantitative estimate of drug-likeness (QED) is 0.884. The number of fused-ring (bicyclic) bond motifs is 2. The molecule has 0 aromatic heterocycles. The van der Waals surface area contributed by atoms with E-state index in [1.54, 1.807) is 0 Å². The summed E-state index contributed by atoms with van der Waals surface area (Å²) in [5.41, 5.74) is 5.13. The number of nitrogens with two attached hydrogens (primary N) is 1. The van der Waals surface area contributed by atoms with E-state index < -0.39 is 23.2 Å². The van der Waals surface area contributed by atoms with Gasteiger partial charge in [-0.15, -0.1) is 0 Å². The predicted molar refractivity (Wildman–Crippen MR) is 68.3 cm³/mol. The van der Waals surface area contributed by atoms with Crippen molar-refractivity contribution in [2.45, 2.75) is 31.8 Å². The molecule has 2 aliphatic carbocycles. The van der Waals surface area contributed by atoms with Gasteiger partial charge in [0.2, 0.25) is 0 Å². The van der Waals surface area contributed by atoms with Crippen LogP contribution in [-0.4, -0.2) is 11.7 Å². The Morgan fingerprint density at radius 2 is 2.00 bits per heavy atom. The first-order valence-corrected chi connectivity index (χ1v) is 6.90. The zero-order valence-electron chi connectivity index (χ0n) is 10.8. The maximum Gasteiger partial charge on any atom is 0.131 e. The molecular formula is C15H19F2NO. The first-order valence-electron chi connectivity index (χ1n) is 6.90. The molecular weight excluding hydrogens is 248 g/mol. The molecule has 104 valence electrons. The summed E-state index contributed by atoms with van der Waals surface area (Å²) in [4.78, 5) is 0. The molecule has 4 unspecified atom stereocenters. The highest BCUT2D eigenvalue weighted by Gasteiger charge is 2.55. The summed E-state index contributed by atoms with van der Waals surface area (Å²) in [5, 5.41) is 10.6. The van der Waals surface area contributed by atoms with E-state index in [1.807, 2.05) is 0 Å². The van der Waals surface area contributed by atoms with Crippen molar-refractivity contribution in [3.8, 4) is 0 Å². The summed E-state index contributed by atoms with van der Waals surface area (Å²) in [6.45, 7) is 0.281. The molecule has 1 aromatic rings. The van der Waals surface area contributed by atoms with Gasteiger partial charge in [-0.3, -0.25) is 0 Å². The Hall–Kier alpha value is -1.00. The van der Waals surface area contributed by atoms with Gasteiger partial charge < -0.3 is 10.8 Å². The minimum atomic E-state index is -1.14. The Balaban J connectivity index is 2.01. The van der Waals surface area contributed by atoms with E-state index in [0.717, 1.165) is 25.7 Å². The predicted octanol–water partition coefficient (Wildman–Crippen LogP) is 2.76. The van der Waals surface area contributed by atoms with E-state index in [2.05, 4.69) is 0 Å². The van der Waals surface area contributed by atoms with Crippen LogP contribution in [0.1, 0.15) is 37.4 Å². The van der Waals surface area contributed by atoms with Crippen LogP contribution in [0, 0.1) is 28.9 Å².